The molecule has 0 saturated carbocycles. The van der Waals surface area contributed by atoms with E-state index in [2.05, 4.69) is 54.0 Å². The number of carbonyl (C=O) groups is 1. The lowest BCUT2D eigenvalue weighted by atomic mass is 9.92. The van der Waals surface area contributed by atoms with Gasteiger partial charge in [-0.15, -0.1) is 5.10 Å². The van der Waals surface area contributed by atoms with Crippen molar-refractivity contribution in [1.29, 1.82) is 0 Å². The van der Waals surface area contributed by atoms with Crippen LogP contribution >= 0.6 is 38.5 Å². The number of carboxylic acid groups (broad SMARTS) is 1. The highest BCUT2D eigenvalue weighted by molar-refractivity contribution is 14.1. The van der Waals surface area contributed by atoms with Crippen molar-refractivity contribution in [3.8, 4) is 11.4 Å². The number of carboxylic acids is 1. The summed E-state index contributed by atoms with van der Waals surface area (Å²) in [5.74, 6) is -0.460. The summed E-state index contributed by atoms with van der Waals surface area (Å²) < 4.78 is 3.28. The lowest BCUT2D eigenvalue weighted by molar-refractivity contribution is -0.148. The highest BCUT2D eigenvalue weighted by Crippen LogP contribution is 2.32. The smallest absolute Gasteiger partial charge is 0.331 e. The molecule has 0 aliphatic carbocycles. The molecule has 0 radical (unpaired) electrons. The quantitative estimate of drug-likeness (QED) is 0.686. The van der Waals surface area contributed by atoms with Gasteiger partial charge < -0.3 is 5.11 Å². The zero-order valence-electron chi connectivity index (χ0n) is 11.5. The van der Waals surface area contributed by atoms with Crippen LogP contribution in [0.2, 0.25) is 0 Å². The van der Waals surface area contributed by atoms with Gasteiger partial charge in [-0.25, -0.2) is 9.48 Å². The number of rotatable bonds is 5. The SMILES string of the molecule is CCC(CC)(C(=O)O)n1nnnc1-c1cc(Br)ccc1I. The van der Waals surface area contributed by atoms with E-state index in [1.807, 2.05) is 32.0 Å². The maximum absolute atomic E-state index is 11.8. The topological polar surface area (TPSA) is 80.9 Å². The minimum absolute atomic E-state index is 0.404. The minimum atomic E-state index is -1.13. The Balaban J connectivity index is 2.67. The molecule has 0 atom stereocenters. The summed E-state index contributed by atoms with van der Waals surface area (Å²) in [4.78, 5) is 11.8. The number of halogens is 2. The van der Waals surface area contributed by atoms with E-state index >= 15 is 0 Å². The van der Waals surface area contributed by atoms with E-state index in [0.29, 0.717) is 18.7 Å². The van der Waals surface area contributed by atoms with Crippen molar-refractivity contribution in [1.82, 2.24) is 20.2 Å². The standard InChI is InChI=1S/C13H14BrIN4O2/c1-3-13(4-2,12(20)21)19-11(16-17-18-19)9-7-8(14)5-6-10(9)15/h5-7H,3-4H2,1-2H3,(H,20,21). The molecule has 2 aromatic rings. The number of aliphatic carboxylic acids is 1. The van der Waals surface area contributed by atoms with Gasteiger partial charge in [0.1, 0.15) is 0 Å². The van der Waals surface area contributed by atoms with Crippen molar-refractivity contribution in [3.63, 3.8) is 0 Å². The predicted octanol–water partition coefficient (Wildman–Crippen LogP) is 3.31. The molecule has 0 fully saturated rings. The van der Waals surface area contributed by atoms with Gasteiger partial charge in [0.2, 0.25) is 0 Å². The fraction of sp³-hybridized carbons (Fsp3) is 0.385. The number of hydrogen-bond acceptors (Lipinski definition) is 4. The van der Waals surface area contributed by atoms with Crippen LogP contribution in [0.15, 0.2) is 22.7 Å². The Labute approximate surface area is 144 Å². The second-order valence-corrected chi connectivity index (χ2v) is 6.66. The van der Waals surface area contributed by atoms with Crippen LogP contribution in [0.5, 0.6) is 0 Å². The largest absolute Gasteiger partial charge is 0.479 e. The molecule has 2 rings (SSSR count). The number of hydrogen-bond donors (Lipinski definition) is 1. The maximum atomic E-state index is 11.8. The van der Waals surface area contributed by atoms with E-state index in [1.165, 1.54) is 4.68 Å². The third-order valence-electron chi connectivity index (χ3n) is 3.61. The van der Waals surface area contributed by atoms with Crippen molar-refractivity contribution in [2.75, 3.05) is 0 Å². The van der Waals surface area contributed by atoms with Gasteiger partial charge in [-0.1, -0.05) is 29.8 Å². The van der Waals surface area contributed by atoms with E-state index in [9.17, 15) is 9.90 Å². The van der Waals surface area contributed by atoms with Crippen LogP contribution in [0, 0.1) is 3.57 Å². The predicted molar refractivity (Wildman–Crippen MR) is 89.9 cm³/mol. The Kier molecular flexibility index (Phi) is 4.97. The number of benzene rings is 1. The van der Waals surface area contributed by atoms with Gasteiger partial charge in [-0.05, 0) is 64.1 Å². The maximum Gasteiger partial charge on any atom is 0.331 e. The molecule has 21 heavy (non-hydrogen) atoms. The molecular formula is C13H14BrIN4O2. The molecule has 112 valence electrons. The van der Waals surface area contributed by atoms with E-state index in [0.717, 1.165) is 13.6 Å². The third kappa shape index (κ3) is 2.83. The van der Waals surface area contributed by atoms with Crippen LogP contribution in [0.1, 0.15) is 26.7 Å². The highest BCUT2D eigenvalue weighted by Gasteiger charge is 2.40. The molecule has 0 amide bonds. The van der Waals surface area contributed by atoms with Crippen LogP contribution in [0.25, 0.3) is 11.4 Å². The average molecular weight is 465 g/mol. The molecule has 0 unspecified atom stereocenters. The van der Waals surface area contributed by atoms with Crippen molar-refractivity contribution < 1.29 is 9.90 Å². The fourth-order valence-corrected chi connectivity index (χ4v) is 3.19. The molecular weight excluding hydrogens is 451 g/mol. The van der Waals surface area contributed by atoms with Gasteiger partial charge in [-0.2, -0.15) is 0 Å². The van der Waals surface area contributed by atoms with E-state index in [4.69, 9.17) is 0 Å². The zero-order chi connectivity index (χ0) is 15.6. The summed E-state index contributed by atoms with van der Waals surface area (Å²) in [7, 11) is 0. The summed E-state index contributed by atoms with van der Waals surface area (Å²) in [5, 5.41) is 21.4. The van der Waals surface area contributed by atoms with Gasteiger partial charge >= 0.3 is 5.97 Å². The van der Waals surface area contributed by atoms with E-state index in [-0.39, 0.29) is 0 Å². The minimum Gasteiger partial charge on any atom is -0.479 e. The Morgan fingerprint density at radius 1 is 1.43 bits per heavy atom. The normalized spacial score (nSPS) is 11.6. The van der Waals surface area contributed by atoms with E-state index < -0.39 is 11.5 Å². The van der Waals surface area contributed by atoms with Gasteiger partial charge in [0.05, 0.1) is 0 Å². The second kappa shape index (κ2) is 6.39. The molecule has 0 spiro atoms. The van der Waals surface area contributed by atoms with Crippen LogP contribution in [-0.2, 0) is 10.3 Å². The molecule has 1 aromatic heterocycles. The average Bonchev–Trinajstić information content (AvgIpc) is 2.93. The molecule has 0 saturated heterocycles. The van der Waals surface area contributed by atoms with Gasteiger partial charge in [0, 0.05) is 13.6 Å². The number of nitrogens with zero attached hydrogens (tertiary/aromatic N) is 4. The van der Waals surface area contributed by atoms with Crippen LogP contribution in [0.4, 0.5) is 0 Å². The van der Waals surface area contributed by atoms with Crippen molar-refractivity contribution >= 4 is 44.5 Å². The van der Waals surface area contributed by atoms with E-state index in [1.54, 1.807) is 0 Å². The first-order valence-electron chi connectivity index (χ1n) is 6.44. The summed E-state index contributed by atoms with van der Waals surface area (Å²) in [6.07, 6.45) is 0.808. The summed E-state index contributed by atoms with van der Waals surface area (Å²) >= 11 is 5.61. The Hall–Kier alpha value is -1.03. The third-order valence-corrected chi connectivity index (χ3v) is 5.05. The van der Waals surface area contributed by atoms with Crippen molar-refractivity contribution in [2.24, 2.45) is 0 Å². The highest BCUT2D eigenvalue weighted by atomic mass is 127. The van der Waals surface area contributed by atoms with Crippen LogP contribution in [-0.4, -0.2) is 31.3 Å². The summed E-state index contributed by atoms with van der Waals surface area (Å²) in [6, 6.07) is 5.74. The van der Waals surface area contributed by atoms with Crippen molar-refractivity contribution in [3.05, 3.63) is 26.2 Å². The zero-order valence-corrected chi connectivity index (χ0v) is 15.3. The van der Waals surface area contributed by atoms with Crippen LogP contribution in [0.3, 0.4) is 0 Å². The Morgan fingerprint density at radius 2 is 2.10 bits per heavy atom. The van der Waals surface area contributed by atoms with Crippen molar-refractivity contribution in [2.45, 2.75) is 32.2 Å². The Morgan fingerprint density at radius 3 is 2.67 bits per heavy atom. The number of tetrazole rings is 1. The molecule has 8 heteroatoms. The monoisotopic (exact) mass is 464 g/mol. The first kappa shape index (κ1) is 16.3. The molecule has 6 nitrogen and oxygen atoms in total. The fourth-order valence-electron chi connectivity index (χ4n) is 2.25. The first-order chi connectivity index (χ1) is 9.96. The van der Waals surface area contributed by atoms with Gasteiger partial charge in [-0.3, -0.25) is 0 Å². The molecule has 0 aliphatic rings. The first-order valence-corrected chi connectivity index (χ1v) is 8.31. The second-order valence-electron chi connectivity index (χ2n) is 4.58. The molecule has 1 N–H and O–H groups in total. The molecule has 1 heterocycles. The molecule has 0 aliphatic heterocycles. The summed E-state index contributed by atoms with van der Waals surface area (Å²) in [6.45, 7) is 3.66. The summed E-state index contributed by atoms with van der Waals surface area (Å²) in [5.41, 5.74) is -0.327. The lowest BCUT2D eigenvalue weighted by Crippen LogP contribution is -2.42. The van der Waals surface area contributed by atoms with Gasteiger partial charge in [0.25, 0.3) is 0 Å². The van der Waals surface area contributed by atoms with Crippen LogP contribution < -0.4 is 0 Å². The van der Waals surface area contributed by atoms with Gasteiger partial charge in [0.15, 0.2) is 11.4 Å². The molecule has 0 bridgehead atoms. The number of aromatic nitrogens is 4. The Bertz CT molecular complexity index is 670. The lowest BCUT2D eigenvalue weighted by Gasteiger charge is -2.27. The molecule has 1 aromatic carbocycles.